The molecule has 0 fully saturated rings. The number of nitrogens with one attached hydrogen (secondary N) is 1. The van der Waals surface area contributed by atoms with Crippen molar-refractivity contribution in [3.63, 3.8) is 0 Å². The van der Waals surface area contributed by atoms with Gasteiger partial charge in [-0.25, -0.2) is 0 Å². The Morgan fingerprint density at radius 2 is 2.17 bits per heavy atom. The number of hydrogen-bond donors (Lipinski definition) is 2. The Kier molecular flexibility index (Phi) is 3.50. The van der Waals surface area contributed by atoms with E-state index < -0.39 is 11.9 Å². The van der Waals surface area contributed by atoms with Crippen LogP contribution in [0.4, 0.5) is 5.69 Å². The summed E-state index contributed by atoms with van der Waals surface area (Å²) in [6.45, 7) is 3.09. The van der Waals surface area contributed by atoms with E-state index in [0.717, 1.165) is 11.3 Å². The molecule has 1 atom stereocenters. The highest BCUT2D eigenvalue weighted by atomic mass is 16.4. The molecule has 1 aromatic rings. The lowest BCUT2D eigenvalue weighted by atomic mass is 10.0. The lowest BCUT2D eigenvalue weighted by molar-refractivity contribution is -0.138. The predicted octanol–water partition coefficient (Wildman–Crippen LogP) is 0.811. The molecule has 96 valence electrons. The van der Waals surface area contributed by atoms with Gasteiger partial charge < -0.3 is 15.3 Å². The first-order valence-corrected chi connectivity index (χ1v) is 5.90. The summed E-state index contributed by atoms with van der Waals surface area (Å²) in [6, 6.07) is 7.53. The average molecular weight is 248 g/mol. The number of hydrogen-bond acceptors (Lipinski definition) is 3. The first kappa shape index (κ1) is 12.4. The van der Waals surface area contributed by atoms with Gasteiger partial charge >= 0.3 is 5.97 Å². The van der Waals surface area contributed by atoms with Crippen LogP contribution in [0.5, 0.6) is 0 Å². The number of benzene rings is 1. The maximum atomic E-state index is 11.2. The molecule has 0 saturated heterocycles. The highest BCUT2D eigenvalue weighted by molar-refractivity contribution is 5.83. The lowest BCUT2D eigenvalue weighted by Gasteiger charge is -2.19. The van der Waals surface area contributed by atoms with Crippen LogP contribution in [0.2, 0.25) is 0 Å². The van der Waals surface area contributed by atoms with E-state index in [2.05, 4.69) is 5.32 Å². The second-order valence-electron chi connectivity index (χ2n) is 4.38. The Bertz CT molecular complexity index is 473. The summed E-state index contributed by atoms with van der Waals surface area (Å²) < 4.78 is 0. The number of carbonyl (C=O) groups is 2. The number of aliphatic carboxylic acids is 1. The van der Waals surface area contributed by atoms with E-state index in [1.807, 2.05) is 29.2 Å². The number of rotatable bonds is 4. The van der Waals surface area contributed by atoms with Crippen molar-refractivity contribution in [2.75, 3.05) is 24.5 Å². The molecule has 5 nitrogen and oxygen atoms in total. The maximum Gasteiger partial charge on any atom is 0.312 e. The Labute approximate surface area is 105 Å². The molecule has 5 heteroatoms. The van der Waals surface area contributed by atoms with Crippen LogP contribution in [0.1, 0.15) is 18.4 Å². The van der Waals surface area contributed by atoms with Crippen LogP contribution in [-0.4, -0.2) is 36.6 Å². The summed E-state index contributed by atoms with van der Waals surface area (Å²) >= 11 is 0. The van der Waals surface area contributed by atoms with E-state index in [1.165, 1.54) is 6.92 Å². The van der Waals surface area contributed by atoms with Crippen LogP contribution in [0.25, 0.3) is 0 Å². The van der Waals surface area contributed by atoms with E-state index in [1.54, 1.807) is 0 Å². The summed E-state index contributed by atoms with van der Waals surface area (Å²) in [7, 11) is 0. The number of amides is 1. The van der Waals surface area contributed by atoms with Crippen molar-refractivity contribution in [2.45, 2.75) is 12.8 Å². The second-order valence-corrected chi connectivity index (χ2v) is 4.38. The van der Waals surface area contributed by atoms with E-state index >= 15 is 0 Å². The van der Waals surface area contributed by atoms with Gasteiger partial charge in [-0.15, -0.1) is 0 Å². The number of carboxylic acid groups (broad SMARTS) is 1. The molecule has 0 radical (unpaired) electrons. The number of para-hydroxylation sites is 1. The number of carbonyl (C=O) groups excluding carboxylic acids is 1. The highest BCUT2D eigenvalue weighted by Crippen LogP contribution is 2.35. The molecular formula is C13H16N2O3. The monoisotopic (exact) mass is 248 g/mol. The van der Waals surface area contributed by atoms with Gasteiger partial charge in [-0.3, -0.25) is 9.59 Å². The molecular weight excluding hydrogens is 232 g/mol. The molecule has 0 aromatic heterocycles. The van der Waals surface area contributed by atoms with Gasteiger partial charge in [0.25, 0.3) is 0 Å². The highest BCUT2D eigenvalue weighted by Gasteiger charge is 2.32. The first-order chi connectivity index (χ1) is 8.59. The standard InChI is InChI=1S/C13H16N2O3/c1-9(16)14-6-7-15-8-11(13(17)18)10-4-2-3-5-12(10)15/h2-5,11H,6-8H2,1H3,(H,14,16)(H,17,18). The Morgan fingerprint density at radius 1 is 1.44 bits per heavy atom. The quantitative estimate of drug-likeness (QED) is 0.827. The topological polar surface area (TPSA) is 69.6 Å². The largest absolute Gasteiger partial charge is 0.481 e. The summed E-state index contributed by atoms with van der Waals surface area (Å²) in [5.41, 5.74) is 1.81. The van der Waals surface area contributed by atoms with Crippen molar-refractivity contribution in [2.24, 2.45) is 0 Å². The maximum absolute atomic E-state index is 11.2. The fourth-order valence-electron chi connectivity index (χ4n) is 2.28. The minimum absolute atomic E-state index is 0.0720. The van der Waals surface area contributed by atoms with Crippen LogP contribution in [0.3, 0.4) is 0 Å². The number of nitrogens with zero attached hydrogens (tertiary/aromatic N) is 1. The molecule has 1 heterocycles. The van der Waals surface area contributed by atoms with Gasteiger partial charge in [-0.05, 0) is 11.6 Å². The van der Waals surface area contributed by atoms with Crippen LogP contribution < -0.4 is 10.2 Å². The molecule has 1 aromatic carbocycles. The molecule has 1 aliphatic heterocycles. The van der Waals surface area contributed by atoms with Crippen molar-refractivity contribution in [1.82, 2.24) is 5.32 Å². The molecule has 0 spiro atoms. The molecule has 1 unspecified atom stereocenters. The molecule has 0 saturated carbocycles. The third-order valence-corrected chi connectivity index (χ3v) is 3.11. The van der Waals surface area contributed by atoms with E-state index in [-0.39, 0.29) is 5.91 Å². The van der Waals surface area contributed by atoms with Crippen molar-refractivity contribution in [3.05, 3.63) is 29.8 Å². The summed E-state index contributed by atoms with van der Waals surface area (Å²) in [5.74, 6) is -1.35. The van der Waals surface area contributed by atoms with Gasteiger partial charge in [0.2, 0.25) is 5.91 Å². The fourth-order valence-corrected chi connectivity index (χ4v) is 2.28. The van der Waals surface area contributed by atoms with E-state index in [4.69, 9.17) is 0 Å². The zero-order valence-corrected chi connectivity index (χ0v) is 10.2. The molecule has 2 rings (SSSR count). The summed E-state index contributed by atoms with van der Waals surface area (Å²) in [4.78, 5) is 24.0. The minimum atomic E-state index is -0.801. The molecule has 18 heavy (non-hydrogen) atoms. The molecule has 1 aliphatic rings. The van der Waals surface area contributed by atoms with Crippen molar-refractivity contribution in [3.8, 4) is 0 Å². The third kappa shape index (κ3) is 2.45. The third-order valence-electron chi connectivity index (χ3n) is 3.11. The molecule has 0 bridgehead atoms. The Morgan fingerprint density at radius 3 is 2.83 bits per heavy atom. The van der Waals surface area contributed by atoms with Crippen molar-refractivity contribution < 1.29 is 14.7 Å². The Hall–Kier alpha value is -2.04. The van der Waals surface area contributed by atoms with Crippen LogP contribution in [0.15, 0.2) is 24.3 Å². The summed E-state index contributed by atoms with van der Waals surface area (Å²) in [6.07, 6.45) is 0. The van der Waals surface area contributed by atoms with Crippen LogP contribution >= 0.6 is 0 Å². The first-order valence-electron chi connectivity index (χ1n) is 5.90. The van der Waals surface area contributed by atoms with Crippen molar-refractivity contribution in [1.29, 1.82) is 0 Å². The predicted molar refractivity (Wildman–Crippen MR) is 67.7 cm³/mol. The smallest absolute Gasteiger partial charge is 0.312 e. The average Bonchev–Trinajstić information content (AvgIpc) is 2.68. The zero-order valence-electron chi connectivity index (χ0n) is 10.2. The van der Waals surface area contributed by atoms with Gasteiger partial charge in [0.1, 0.15) is 5.92 Å². The van der Waals surface area contributed by atoms with Crippen molar-refractivity contribution >= 4 is 17.6 Å². The Balaban J connectivity index is 2.10. The zero-order chi connectivity index (χ0) is 13.1. The second kappa shape index (κ2) is 5.08. The van der Waals surface area contributed by atoms with Gasteiger partial charge in [0, 0.05) is 32.2 Å². The molecule has 2 N–H and O–H groups in total. The van der Waals surface area contributed by atoms with E-state index in [9.17, 15) is 14.7 Å². The lowest BCUT2D eigenvalue weighted by Crippen LogP contribution is -2.34. The van der Waals surface area contributed by atoms with Gasteiger partial charge in [-0.2, -0.15) is 0 Å². The van der Waals surface area contributed by atoms with Gasteiger partial charge in [-0.1, -0.05) is 18.2 Å². The fraction of sp³-hybridized carbons (Fsp3) is 0.385. The summed E-state index contributed by atoms with van der Waals surface area (Å²) in [5, 5.41) is 11.9. The number of fused-ring (bicyclic) bond motifs is 1. The molecule has 0 aliphatic carbocycles. The number of carboxylic acids is 1. The molecule has 1 amide bonds. The normalized spacial score (nSPS) is 17.4. The minimum Gasteiger partial charge on any atom is -0.481 e. The van der Waals surface area contributed by atoms with Gasteiger partial charge in [0.05, 0.1) is 0 Å². The van der Waals surface area contributed by atoms with E-state index in [0.29, 0.717) is 19.6 Å². The van der Waals surface area contributed by atoms with Crippen LogP contribution in [0, 0.1) is 0 Å². The van der Waals surface area contributed by atoms with Crippen LogP contribution in [-0.2, 0) is 9.59 Å². The number of anilines is 1. The SMILES string of the molecule is CC(=O)NCCN1CC(C(=O)O)c2ccccc21. The van der Waals surface area contributed by atoms with Gasteiger partial charge in [0.15, 0.2) is 0 Å².